The Morgan fingerprint density at radius 1 is 1.35 bits per heavy atom. The molecule has 2 N–H and O–H groups in total. The van der Waals surface area contributed by atoms with Crippen LogP contribution in [0.15, 0.2) is 0 Å². The lowest BCUT2D eigenvalue weighted by atomic mass is 9.82. The fraction of sp³-hybridized carbons (Fsp3) is 0.929. The van der Waals surface area contributed by atoms with Crippen LogP contribution in [0.1, 0.15) is 52.4 Å². The van der Waals surface area contributed by atoms with Gasteiger partial charge >= 0.3 is 0 Å². The molecule has 2 aliphatic carbocycles. The maximum absolute atomic E-state index is 11.7. The van der Waals surface area contributed by atoms with E-state index in [2.05, 4.69) is 24.5 Å². The van der Waals surface area contributed by atoms with Gasteiger partial charge in [-0.05, 0) is 43.4 Å². The van der Waals surface area contributed by atoms with Crippen molar-refractivity contribution < 1.29 is 4.79 Å². The lowest BCUT2D eigenvalue weighted by Gasteiger charge is -2.31. The first-order chi connectivity index (χ1) is 8.14. The van der Waals surface area contributed by atoms with Crippen LogP contribution in [0.2, 0.25) is 0 Å². The average Bonchev–Trinajstić information content (AvgIpc) is 3.08. The van der Waals surface area contributed by atoms with Gasteiger partial charge in [0.05, 0.1) is 6.54 Å². The average molecular weight is 238 g/mol. The summed E-state index contributed by atoms with van der Waals surface area (Å²) in [7, 11) is 0. The molecule has 0 aromatic carbocycles. The zero-order chi connectivity index (χ0) is 12.3. The van der Waals surface area contributed by atoms with E-state index >= 15 is 0 Å². The molecule has 2 aliphatic rings. The summed E-state index contributed by atoms with van der Waals surface area (Å²) in [4.78, 5) is 11.7. The first kappa shape index (κ1) is 12.9. The van der Waals surface area contributed by atoms with Gasteiger partial charge in [0.15, 0.2) is 0 Å². The van der Waals surface area contributed by atoms with E-state index in [9.17, 15) is 4.79 Å². The van der Waals surface area contributed by atoms with E-state index in [-0.39, 0.29) is 5.91 Å². The predicted molar refractivity (Wildman–Crippen MR) is 69.8 cm³/mol. The summed E-state index contributed by atoms with van der Waals surface area (Å²) in [5, 5.41) is 6.47. The molecule has 2 unspecified atom stereocenters. The van der Waals surface area contributed by atoms with Crippen LogP contribution in [0.5, 0.6) is 0 Å². The molecule has 0 aliphatic heterocycles. The molecule has 1 amide bonds. The second-order valence-corrected chi connectivity index (χ2v) is 6.08. The molecule has 0 saturated heterocycles. The number of hydrogen-bond donors (Lipinski definition) is 2. The van der Waals surface area contributed by atoms with Gasteiger partial charge < -0.3 is 10.6 Å². The summed E-state index contributed by atoms with van der Waals surface area (Å²) in [6, 6.07) is 0.527. The molecule has 0 spiro atoms. The third-order valence-corrected chi connectivity index (χ3v) is 4.68. The molecule has 3 nitrogen and oxygen atoms in total. The van der Waals surface area contributed by atoms with Gasteiger partial charge in [-0.25, -0.2) is 0 Å². The molecule has 98 valence electrons. The molecular formula is C14H26N2O. The second kappa shape index (κ2) is 5.38. The number of carbonyl (C=O) groups excluding carboxylic acids is 1. The molecule has 0 aromatic rings. The summed E-state index contributed by atoms with van der Waals surface area (Å²) in [5.41, 5.74) is 0.400. The van der Waals surface area contributed by atoms with Crippen molar-refractivity contribution in [1.82, 2.24) is 10.6 Å². The van der Waals surface area contributed by atoms with Crippen LogP contribution < -0.4 is 10.6 Å². The van der Waals surface area contributed by atoms with Gasteiger partial charge in [0.1, 0.15) is 0 Å². The third-order valence-electron chi connectivity index (χ3n) is 4.68. The zero-order valence-electron chi connectivity index (χ0n) is 11.2. The molecule has 2 atom stereocenters. The summed E-state index contributed by atoms with van der Waals surface area (Å²) in [6.45, 7) is 5.98. The molecule has 0 bridgehead atoms. The highest BCUT2D eigenvalue weighted by Gasteiger charge is 2.36. The van der Waals surface area contributed by atoms with Crippen molar-refractivity contribution in [3.05, 3.63) is 0 Å². The Balaban J connectivity index is 1.67. The fourth-order valence-electron chi connectivity index (χ4n) is 2.86. The van der Waals surface area contributed by atoms with Crippen LogP contribution >= 0.6 is 0 Å². The van der Waals surface area contributed by atoms with Crippen molar-refractivity contribution in [2.45, 2.75) is 58.4 Å². The highest BCUT2D eigenvalue weighted by Crippen LogP contribution is 2.40. The van der Waals surface area contributed by atoms with Crippen molar-refractivity contribution in [2.24, 2.45) is 11.3 Å². The summed E-state index contributed by atoms with van der Waals surface area (Å²) >= 11 is 0. The molecule has 2 rings (SSSR count). The smallest absolute Gasteiger partial charge is 0.233 e. The van der Waals surface area contributed by atoms with Crippen molar-refractivity contribution >= 4 is 5.91 Å². The van der Waals surface area contributed by atoms with Gasteiger partial charge in [0.25, 0.3) is 0 Å². The summed E-state index contributed by atoms with van der Waals surface area (Å²) in [5.74, 6) is 0.939. The number of amides is 1. The molecule has 2 saturated carbocycles. The van der Waals surface area contributed by atoms with E-state index < -0.39 is 0 Å². The highest BCUT2D eigenvalue weighted by atomic mass is 16.1. The number of nitrogens with one attached hydrogen (secondary N) is 2. The van der Waals surface area contributed by atoms with Crippen molar-refractivity contribution in [3.63, 3.8) is 0 Å². The number of hydrogen-bond acceptors (Lipinski definition) is 2. The monoisotopic (exact) mass is 238 g/mol. The minimum Gasteiger partial charge on any atom is -0.355 e. The molecule has 2 fully saturated rings. The second-order valence-electron chi connectivity index (χ2n) is 6.08. The first-order valence-electron chi connectivity index (χ1n) is 7.14. The molecule has 0 heterocycles. The van der Waals surface area contributed by atoms with E-state index in [1.165, 1.54) is 38.5 Å². The van der Waals surface area contributed by atoms with Crippen LogP contribution in [0, 0.1) is 11.3 Å². The SMILES string of the molecule is CCC1(C)CCCC1NCC(=O)NCC1CC1. The minimum absolute atomic E-state index is 0.169. The maximum atomic E-state index is 11.7. The van der Waals surface area contributed by atoms with Crippen molar-refractivity contribution in [1.29, 1.82) is 0 Å². The predicted octanol–water partition coefficient (Wildman–Crippen LogP) is 2.07. The normalized spacial score (nSPS) is 32.7. The Bertz CT molecular complexity index is 275. The first-order valence-corrected chi connectivity index (χ1v) is 7.14. The summed E-state index contributed by atoms with van der Waals surface area (Å²) in [6.07, 6.45) is 7.61. The largest absolute Gasteiger partial charge is 0.355 e. The van der Waals surface area contributed by atoms with E-state index in [1.807, 2.05) is 0 Å². The van der Waals surface area contributed by atoms with E-state index in [0.29, 0.717) is 18.0 Å². The third kappa shape index (κ3) is 3.44. The Morgan fingerprint density at radius 2 is 2.12 bits per heavy atom. The fourth-order valence-corrected chi connectivity index (χ4v) is 2.86. The van der Waals surface area contributed by atoms with Crippen LogP contribution in [-0.4, -0.2) is 25.0 Å². The quantitative estimate of drug-likeness (QED) is 0.744. The molecule has 17 heavy (non-hydrogen) atoms. The summed E-state index contributed by atoms with van der Waals surface area (Å²) < 4.78 is 0. The van der Waals surface area contributed by atoms with Gasteiger partial charge in [-0.15, -0.1) is 0 Å². The van der Waals surface area contributed by atoms with E-state index in [0.717, 1.165) is 12.5 Å². The lowest BCUT2D eigenvalue weighted by Crippen LogP contribution is -2.44. The minimum atomic E-state index is 0.169. The van der Waals surface area contributed by atoms with Crippen molar-refractivity contribution in [2.75, 3.05) is 13.1 Å². The standard InChI is InChI=1S/C14H26N2O/c1-3-14(2)8-4-5-12(14)15-10-13(17)16-9-11-6-7-11/h11-12,15H,3-10H2,1-2H3,(H,16,17). The Kier molecular flexibility index (Phi) is 4.08. The van der Waals surface area contributed by atoms with Crippen LogP contribution in [0.3, 0.4) is 0 Å². The Labute approximate surface area is 105 Å². The van der Waals surface area contributed by atoms with E-state index in [4.69, 9.17) is 0 Å². The number of carbonyl (C=O) groups is 1. The van der Waals surface area contributed by atoms with Gasteiger partial charge in [-0.1, -0.05) is 20.3 Å². The van der Waals surface area contributed by atoms with Gasteiger partial charge in [-0.3, -0.25) is 4.79 Å². The van der Waals surface area contributed by atoms with E-state index in [1.54, 1.807) is 0 Å². The zero-order valence-corrected chi connectivity index (χ0v) is 11.2. The molecule has 0 radical (unpaired) electrons. The molecule has 3 heteroatoms. The Morgan fingerprint density at radius 3 is 2.76 bits per heavy atom. The number of rotatable bonds is 6. The van der Waals surface area contributed by atoms with Crippen LogP contribution in [-0.2, 0) is 4.79 Å². The lowest BCUT2D eigenvalue weighted by molar-refractivity contribution is -0.120. The van der Waals surface area contributed by atoms with Crippen LogP contribution in [0.4, 0.5) is 0 Å². The van der Waals surface area contributed by atoms with Gasteiger partial charge in [0, 0.05) is 12.6 Å². The van der Waals surface area contributed by atoms with Gasteiger partial charge in [0.2, 0.25) is 5.91 Å². The molecule has 0 aromatic heterocycles. The molecular weight excluding hydrogens is 212 g/mol. The van der Waals surface area contributed by atoms with Crippen molar-refractivity contribution in [3.8, 4) is 0 Å². The van der Waals surface area contributed by atoms with Gasteiger partial charge in [-0.2, -0.15) is 0 Å². The van der Waals surface area contributed by atoms with Crippen LogP contribution in [0.25, 0.3) is 0 Å². The highest BCUT2D eigenvalue weighted by molar-refractivity contribution is 5.78. The maximum Gasteiger partial charge on any atom is 0.233 e. The Hall–Kier alpha value is -0.570. The topological polar surface area (TPSA) is 41.1 Å².